The first kappa shape index (κ1) is 12.6. The number of nitrogens with one attached hydrogen (secondary N) is 1. The lowest BCUT2D eigenvalue weighted by atomic mass is 10.1. The third kappa shape index (κ3) is 3.10. The van der Waals surface area contributed by atoms with Crippen LogP contribution in [0.5, 0.6) is 0 Å². The summed E-state index contributed by atoms with van der Waals surface area (Å²) in [7, 11) is 0. The molecule has 6 heteroatoms. The van der Waals surface area contributed by atoms with Crippen LogP contribution in [0.2, 0.25) is 0 Å². The SMILES string of the molecule is Cc1cc(-n2ncnc2CNC(C)(C)C)ncn1. The molecule has 0 spiro atoms. The van der Waals surface area contributed by atoms with Crippen molar-refractivity contribution in [2.75, 3.05) is 0 Å². The largest absolute Gasteiger partial charge is 0.305 e. The summed E-state index contributed by atoms with van der Waals surface area (Å²) in [4.78, 5) is 12.5. The van der Waals surface area contributed by atoms with Crippen LogP contribution in [0.1, 0.15) is 32.3 Å². The molecule has 0 atom stereocenters. The summed E-state index contributed by atoms with van der Waals surface area (Å²) in [6, 6.07) is 1.88. The van der Waals surface area contributed by atoms with E-state index in [2.05, 4.69) is 46.1 Å². The molecule has 0 radical (unpaired) electrons. The number of rotatable bonds is 3. The molecule has 0 fully saturated rings. The second-order valence-corrected chi connectivity index (χ2v) is 5.21. The fourth-order valence-electron chi connectivity index (χ4n) is 1.48. The topological polar surface area (TPSA) is 68.5 Å². The van der Waals surface area contributed by atoms with Crippen LogP contribution < -0.4 is 5.32 Å². The van der Waals surface area contributed by atoms with Crippen molar-refractivity contribution in [3.63, 3.8) is 0 Å². The molecule has 18 heavy (non-hydrogen) atoms. The fourth-order valence-corrected chi connectivity index (χ4v) is 1.48. The van der Waals surface area contributed by atoms with Gasteiger partial charge in [0.15, 0.2) is 5.82 Å². The molecule has 0 saturated heterocycles. The molecular formula is C12H18N6. The highest BCUT2D eigenvalue weighted by molar-refractivity contribution is 5.22. The molecule has 96 valence electrons. The van der Waals surface area contributed by atoms with Crippen LogP contribution in [0, 0.1) is 6.92 Å². The normalized spacial score (nSPS) is 11.8. The van der Waals surface area contributed by atoms with Crippen LogP contribution >= 0.6 is 0 Å². The number of hydrogen-bond acceptors (Lipinski definition) is 5. The van der Waals surface area contributed by atoms with Gasteiger partial charge in [-0.25, -0.2) is 15.0 Å². The predicted molar refractivity (Wildman–Crippen MR) is 68.3 cm³/mol. The van der Waals surface area contributed by atoms with Crippen molar-refractivity contribution in [2.24, 2.45) is 0 Å². The van der Waals surface area contributed by atoms with Crippen LogP contribution in [0.4, 0.5) is 0 Å². The number of hydrogen-bond donors (Lipinski definition) is 1. The monoisotopic (exact) mass is 246 g/mol. The maximum absolute atomic E-state index is 4.25. The van der Waals surface area contributed by atoms with Gasteiger partial charge in [0.1, 0.15) is 18.5 Å². The molecule has 0 aliphatic carbocycles. The molecule has 0 aliphatic heterocycles. The molecule has 6 nitrogen and oxygen atoms in total. The first-order valence-electron chi connectivity index (χ1n) is 5.89. The van der Waals surface area contributed by atoms with Gasteiger partial charge >= 0.3 is 0 Å². The van der Waals surface area contributed by atoms with Crippen molar-refractivity contribution >= 4 is 0 Å². The quantitative estimate of drug-likeness (QED) is 0.882. The van der Waals surface area contributed by atoms with Crippen LogP contribution in [-0.4, -0.2) is 30.3 Å². The van der Waals surface area contributed by atoms with Gasteiger partial charge in [-0.2, -0.15) is 9.78 Å². The molecule has 0 bridgehead atoms. The van der Waals surface area contributed by atoms with E-state index < -0.39 is 0 Å². The van der Waals surface area contributed by atoms with Crippen molar-refractivity contribution in [3.05, 3.63) is 30.2 Å². The van der Waals surface area contributed by atoms with E-state index in [0.717, 1.165) is 17.3 Å². The Bertz CT molecular complexity index is 525. The Labute approximate surface area is 106 Å². The van der Waals surface area contributed by atoms with Crippen molar-refractivity contribution in [1.29, 1.82) is 0 Å². The van der Waals surface area contributed by atoms with Crippen molar-refractivity contribution in [2.45, 2.75) is 39.8 Å². The zero-order valence-electron chi connectivity index (χ0n) is 11.2. The number of aryl methyl sites for hydroxylation is 1. The van der Waals surface area contributed by atoms with Crippen LogP contribution in [0.15, 0.2) is 18.7 Å². The zero-order valence-corrected chi connectivity index (χ0v) is 11.2. The first-order valence-corrected chi connectivity index (χ1v) is 5.89. The van der Waals surface area contributed by atoms with Gasteiger partial charge in [-0.3, -0.25) is 0 Å². The van der Waals surface area contributed by atoms with Crippen molar-refractivity contribution in [3.8, 4) is 5.82 Å². The third-order valence-electron chi connectivity index (χ3n) is 2.40. The molecule has 0 aliphatic rings. The highest BCUT2D eigenvalue weighted by Crippen LogP contribution is 2.07. The van der Waals surface area contributed by atoms with Crippen LogP contribution in [0.25, 0.3) is 5.82 Å². The molecule has 0 saturated carbocycles. The highest BCUT2D eigenvalue weighted by Gasteiger charge is 2.13. The second-order valence-electron chi connectivity index (χ2n) is 5.21. The lowest BCUT2D eigenvalue weighted by molar-refractivity contribution is 0.414. The van der Waals surface area contributed by atoms with Gasteiger partial charge in [0.05, 0.1) is 6.54 Å². The van der Waals surface area contributed by atoms with E-state index in [4.69, 9.17) is 0 Å². The fraction of sp³-hybridized carbons (Fsp3) is 0.500. The Morgan fingerprint density at radius 1 is 1.17 bits per heavy atom. The average Bonchev–Trinajstić information content (AvgIpc) is 2.73. The average molecular weight is 246 g/mol. The lowest BCUT2D eigenvalue weighted by Gasteiger charge is -2.20. The highest BCUT2D eigenvalue weighted by atomic mass is 15.4. The van der Waals surface area contributed by atoms with Gasteiger partial charge < -0.3 is 5.32 Å². The minimum atomic E-state index is 0.0400. The summed E-state index contributed by atoms with van der Waals surface area (Å²) in [6.07, 6.45) is 3.07. The van der Waals surface area contributed by atoms with E-state index in [1.54, 1.807) is 4.68 Å². The van der Waals surface area contributed by atoms with Crippen LogP contribution in [0.3, 0.4) is 0 Å². The summed E-state index contributed by atoms with van der Waals surface area (Å²) in [6.45, 7) is 8.91. The predicted octanol–water partition coefficient (Wildman–Crippen LogP) is 1.25. The van der Waals surface area contributed by atoms with Gasteiger partial charge in [0.25, 0.3) is 0 Å². The summed E-state index contributed by atoms with van der Waals surface area (Å²) in [5.41, 5.74) is 0.948. The summed E-state index contributed by atoms with van der Waals surface area (Å²) < 4.78 is 1.73. The molecule has 0 aromatic carbocycles. The minimum absolute atomic E-state index is 0.0400. The molecule has 2 aromatic rings. The Balaban J connectivity index is 2.23. The molecule has 2 heterocycles. The Morgan fingerprint density at radius 3 is 2.61 bits per heavy atom. The van der Waals surface area contributed by atoms with Gasteiger partial charge in [0.2, 0.25) is 0 Å². The number of aromatic nitrogens is 5. The van der Waals surface area contributed by atoms with E-state index in [-0.39, 0.29) is 5.54 Å². The molecule has 2 aromatic heterocycles. The van der Waals surface area contributed by atoms with E-state index in [1.165, 1.54) is 12.7 Å². The number of nitrogens with zero attached hydrogens (tertiary/aromatic N) is 5. The Morgan fingerprint density at radius 2 is 1.94 bits per heavy atom. The van der Waals surface area contributed by atoms with E-state index in [9.17, 15) is 0 Å². The smallest absolute Gasteiger partial charge is 0.159 e. The maximum atomic E-state index is 4.25. The summed E-state index contributed by atoms with van der Waals surface area (Å²) in [5, 5.41) is 7.59. The minimum Gasteiger partial charge on any atom is -0.305 e. The van der Waals surface area contributed by atoms with E-state index in [0.29, 0.717) is 6.54 Å². The van der Waals surface area contributed by atoms with Gasteiger partial charge in [-0.05, 0) is 27.7 Å². The molecule has 0 unspecified atom stereocenters. The maximum Gasteiger partial charge on any atom is 0.159 e. The first-order chi connectivity index (χ1) is 8.46. The van der Waals surface area contributed by atoms with E-state index >= 15 is 0 Å². The van der Waals surface area contributed by atoms with Crippen molar-refractivity contribution in [1.82, 2.24) is 30.0 Å². The van der Waals surface area contributed by atoms with Gasteiger partial charge in [-0.15, -0.1) is 0 Å². The van der Waals surface area contributed by atoms with Crippen LogP contribution in [-0.2, 0) is 6.54 Å². The second kappa shape index (κ2) is 4.81. The summed E-state index contributed by atoms with van der Waals surface area (Å²) >= 11 is 0. The van der Waals surface area contributed by atoms with Crippen molar-refractivity contribution < 1.29 is 0 Å². The molecular weight excluding hydrogens is 228 g/mol. The lowest BCUT2D eigenvalue weighted by Crippen LogP contribution is -2.36. The summed E-state index contributed by atoms with van der Waals surface area (Å²) in [5.74, 6) is 1.58. The van der Waals surface area contributed by atoms with Gasteiger partial charge in [0, 0.05) is 17.3 Å². The standard InChI is InChI=1S/C12H18N6/c1-9-5-10(14-7-13-9)18-11(15-8-17-18)6-16-12(2,3)4/h5,7-8,16H,6H2,1-4H3. The third-order valence-corrected chi connectivity index (χ3v) is 2.40. The molecule has 2 rings (SSSR count). The van der Waals surface area contributed by atoms with Gasteiger partial charge in [-0.1, -0.05) is 0 Å². The molecule has 1 N–H and O–H groups in total. The Hall–Kier alpha value is -1.82. The van der Waals surface area contributed by atoms with E-state index in [1.807, 2.05) is 13.0 Å². The Kier molecular flexibility index (Phi) is 3.38. The zero-order chi connectivity index (χ0) is 13.2. The molecule has 0 amide bonds.